The lowest BCUT2D eigenvalue weighted by molar-refractivity contribution is -0.112. The number of halogens is 2. The van der Waals surface area contributed by atoms with Gasteiger partial charge in [0.25, 0.3) is 5.91 Å². The van der Waals surface area contributed by atoms with E-state index in [0.717, 1.165) is 22.9 Å². The molecule has 1 aliphatic rings. The molecule has 0 radical (unpaired) electrons. The summed E-state index contributed by atoms with van der Waals surface area (Å²) in [4.78, 5) is 20.4. The molecule has 306 valence electrons. The maximum Gasteiger partial charge on any atom is 0.265 e. The number of anilines is 1. The summed E-state index contributed by atoms with van der Waals surface area (Å²) in [5, 5.41) is 34.0. The summed E-state index contributed by atoms with van der Waals surface area (Å²) in [5.74, 6) is 2.06. The predicted molar refractivity (Wildman–Crippen MR) is 227 cm³/mol. The number of thioether (sulfide) groups is 1. The van der Waals surface area contributed by atoms with Crippen LogP contribution in [-0.2, 0) is 22.5 Å². The largest absolute Gasteiger partial charge is 0.496 e. The van der Waals surface area contributed by atoms with Crippen molar-refractivity contribution in [1.82, 2.24) is 29.5 Å². The zero-order valence-electron chi connectivity index (χ0n) is 33.5. The number of aliphatic hydroxyl groups is 2. The van der Waals surface area contributed by atoms with Crippen molar-refractivity contribution in [1.29, 1.82) is 0 Å². The second-order valence-electron chi connectivity index (χ2n) is 15.6. The molecule has 2 aromatic heterocycles. The minimum Gasteiger partial charge on any atom is -0.496 e. The first-order valence-electron chi connectivity index (χ1n) is 18.5. The number of nitrogens with zero attached hydrogens (tertiary/aromatic N) is 6. The average molecular weight is 839 g/mol. The average Bonchev–Trinajstić information content (AvgIpc) is 3.90. The fraction of sp³-hybridized carbons (Fsp3) is 0.405. The summed E-state index contributed by atoms with van der Waals surface area (Å²) in [7, 11) is 0. The number of rotatable bonds is 11. The summed E-state index contributed by atoms with van der Waals surface area (Å²) in [6, 6.07) is 24.2. The number of hydrogen-bond donors (Lipinski definition) is 3. The van der Waals surface area contributed by atoms with E-state index < -0.39 is 17.9 Å². The molecule has 0 saturated heterocycles. The van der Waals surface area contributed by atoms with E-state index in [1.165, 1.54) is 29.2 Å². The summed E-state index contributed by atoms with van der Waals surface area (Å²) in [6.45, 7) is 14.9. The maximum atomic E-state index is 11.9. The SMILES string of the molecule is CC(C)(C)C(O)(CCc1ccc(Cl)cc1)Cn1cncn1.CC(C)(C)C(O)C(Oc1ccc(Cl)cc1)n1cncn1.CC1=C(C(=O)Nc2ccccc2)SCCO1. The number of nitrogens with one attached hydrogen (secondary N) is 1. The van der Waals surface area contributed by atoms with Crippen molar-refractivity contribution in [3.8, 4) is 5.75 Å². The van der Waals surface area contributed by atoms with E-state index in [0.29, 0.717) is 41.0 Å². The highest BCUT2D eigenvalue weighted by Crippen LogP contribution is 2.36. The van der Waals surface area contributed by atoms with Crippen LogP contribution in [0.15, 0.2) is 115 Å². The summed E-state index contributed by atoms with van der Waals surface area (Å²) in [5.41, 5.74) is 0.494. The highest BCUT2D eigenvalue weighted by atomic mass is 35.5. The number of ether oxygens (including phenoxy) is 2. The maximum absolute atomic E-state index is 11.9. The fourth-order valence-electron chi connectivity index (χ4n) is 5.41. The Morgan fingerprint density at radius 3 is 2.07 bits per heavy atom. The quantitative estimate of drug-likeness (QED) is 0.118. The third-order valence-corrected chi connectivity index (χ3v) is 10.8. The second-order valence-corrected chi connectivity index (χ2v) is 17.5. The van der Waals surface area contributed by atoms with E-state index >= 15 is 0 Å². The molecule has 0 bridgehead atoms. The molecule has 57 heavy (non-hydrogen) atoms. The molecule has 3 heterocycles. The standard InChI is InChI=1S/C16H22ClN3O.C14H18ClN3O2.C12H13NO2S/c1-15(2,3)16(21,10-20-12-18-11-19-20)9-8-13-4-6-14(17)7-5-13;1-14(2,3)12(19)13(18-9-16-8-17-18)20-11-6-4-10(15)5-7-11;1-9-11(16-8-7-15-9)12(14)13-10-5-3-2-4-6-10/h4-7,11-12,21H,8-10H2,1-3H3;4-9,12-13,19H,1-3H3;2-6H,7-8H2,1H3,(H,13,14). The second kappa shape index (κ2) is 20.9. The van der Waals surface area contributed by atoms with Gasteiger partial charge >= 0.3 is 0 Å². The highest BCUT2D eigenvalue weighted by Gasteiger charge is 2.40. The van der Waals surface area contributed by atoms with Crippen LogP contribution in [0.25, 0.3) is 0 Å². The zero-order chi connectivity index (χ0) is 41.6. The number of para-hydroxylation sites is 1. The Labute approximate surface area is 349 Å². The normalized spacial score (nSPS) is 15.1. The van der Waals surface area contributed by atoms with Crippen LogP contribution in [0.1, 0.15) is 66.7 Å². The van der Waals surface area contributed by atoms with Crippen LogP contribution in [0.2, 0.25) is 10.0 Å². The number of carbonyl (C=O) groups is 1. The number of aryl methyl sites for hydroxylation is 1. The van der Waals surface area contributed by atoms with Gasteiger partial charge in [0.2, 0.25) is 6.23 Å². The van der Waals surface area contributed by atoms with Gasteiger partial charge in [0.05, 0.1) is 18.8 Å². The van der Waals surface area contributed by atoms with Crippen molar-refractivity contribution in [3.05, 3.63) is 130 Å². The van der Waals surface area contributed by atoms with Crippen LogP contribution in [0, 0.1) is 10.8 Å². The molecule has 1 aliphatic heterocycles. The van der Waals surface area contributed by atoms with E-state index in [9.17, 15) is 15.0 Å². The molecule has 12 nitrogen and oxygen atoms in total. The van der Waals surface area contributed by atoms with Gasteiger partial charge in [-0.25, -0.2) is 14.6 Å². The molecule has 6 rings (SSSR count). The number of carbonyl (C=O) groups excluding carboxylic acids is 1. The minimum absolute atomic E-state index is 0.0894. The monoisotopic (exact) mass is 837 g/mol. The fourth-order valence-corrected chi connectivity index (χ4v) is 6.48. The molecule has 15 heteroatoms. The topological polar surface area (TPSA) is 149 Å². The number of aromatic nitrogens is 6. The Bertz CT molecular complexity index is 1970. The predicted octanol–water partition coefficient (Wildman–Crippen LogP) is 8.88. The van der Waals surface area contributed by atoms with Crippen LogP contribution >= 0.6 is 35.0 Å². The lowest BCUT2D eigenvalue weighted by Crippen LogP contribution is -2.47. The van der Waals surface area contributed by atoms with Gasteiger partial charge in [-0.15, -0.1) is 11.8 Å². The Morgan fingerprint density at radius 1 is 0.912 bits per heavy atom. The van der Waals surface area contributed by atoms with Crippen molar-refractivity contribution in [3.63, 3.8) is 0 Å². The molecule has 3 unspecified atom stereocenters. The molecule has 3 atom stereocenters. The van der Waals surface area contributed by atoms with Crippen molar-refractivity contribution in [2.75, 3.05) is 17.7 Å². The molecular formula is C42H53Cl2N7O5S. The molecule has 5 aromatic rings. The highest BCUT2D eigenvalue weighted by molar-refractivity contribution is 8.04. The Balaban J connectivity index is 0.000000191. The van der Waals surface area contributed by atoms with Gasteiger partial charge in [0, 0.05) is 21.5 Å². The Kier molecular flexibility index (Phi) is 16.6. The van der Waals surface area contributed by atoms with E-state index in [1.54, 1.807) is 47.0 Å². The summed E-state index contributed by atoms with van der Waals surface area (Å²) >= 11 is 13.3. The van der Waals surface area contributed by atoms with Crippen LogP contribution < -0.4 is 10.1 Å². The first kappa shape index (κ1) is 45.3. The Hall–Kier alpha value is -4.40. The van der Waals surface area contributed by atoms with Crippen LogP contribution in [0.5, 0.6) is 5.75 Å². The third kappa shape index (κ3) is 14.2. The van der Waals surface area contributed by atoms with Crippen LogP contribution in [0.4, 0.5) is 5.69 Å². The van der Waals surface area contributed by atoms with Crippen molar-refractivity contribution < 1.29 is 24.5 Å². The first-order chi connectivity index (χ1) is 26.9. The number of hydrogen-bond acceptors (Lipinski definition) is 10. The van der Waals surface area contributed by atoms with Crippen molar-refractivity contribution in [2.45, 2.75) is 85.8 Å². The number of aliphatic hydroxyl groups excluding tert-OH is 1. The molecule has 3 aromatic carbocycles. The van der Waals surface area contributed by atoms with Crippen molar-refractivity contribution in [2.24, 2.45) is 10.8 Å². The van der Waals surface area contributed by atoms with Gasteiger partial charge in [0.15, 0.2) is 0 Å². The molecule has 3 N–H and O–H groups in total. The summed E-state index contributed by atoms with van der Waals surface area (Å²) in [6.07, 6.45) is 6.10. The number of amides is 1. The minimum atomic E-state index is -0.861. The van der Waals surface area contributed by atoms with Gasteiger partial charge in [-0.05, 0) is 84.7 Å². The molecule has 0 fully saturated rings. The van der Waals surface area contributed by atoms with Gasteiger partial charge in [-0.1, -0.05) is 95.1 Å². The molecular weight excluding hydrogens is 785 g/mol. The van der Waals surface area contributed by atoms with E-state index in [2.05, 4.69) is 25.5 Å². The van der Waals surface area contributed by atoms with Crippen LogP contribution in [0.3, 0.4) is 0 Å². The smallest absolute Gasteiger partial charge is 0.265 e. The van der Waals surface area contributed by atoms with Gasteiger partial charge in [0.1, 0.15) is 47.8 Å². The number of allylic oxidation sites excluding steroid dienone is 1. The van der Waals surface area contributed by atoms with Crippen LogP contribution in [-0.4, -0.2) is 69.7 Å². The number of benzene rings is 3. The lowest BCUT2D eigenvalue weighted by Gasteiger charge is -2.40. The first-order valence-corrected chi connectivity index (χ1v) is 20.3. The molecule has 0 aliphatic carbocycles. The van der Waals surface area contributed by atoms with E-state index in [4.69, 9.17) is 32.7 Å². The van der Waals surface area contributed by atoms with E-state index in [1.807, 2.05) is 103 Å². The van der Waals surface area contributed by atoms with E-state index in [-0.39, 0.29) is 16.7 Å². The molecule has 1 amide bonds. The summed E-state index contributed by atoms with van der Waals surface area (Å²) < 4.78 is 14.4. The molecule has 0 spiro atoms. The third-order valence-electron chi connectivity index (χ3n) is 9.16. The van der Waals surface area contributed by atoms with Crippen molar-refractivity contribution >= 4 is 46.6 Å². The lowest BCUT2D eigenvalue weighted by atomic mass is 9.73. The molecule has 0 saturated carbocycles. The van der Waals surface area contributed by atoms with Gasteiger partial charge < -0.3 is 25.0 Å². The Morgan fingerprint density at radius 2 is 1.53 bits per heavy atom. The zero-order valence-corrected chi connectivity index (χ0v) is 35.8. The van der Waals surface area contributed by atoms with Gasteiger partial charge in [-0.2, -0.15) is 10.2 Å². The van der Waals surface area contributed by atoms with Gasteiger partial charge in [-0.3, -0.25) is 9.48 Å².